The molecule has 0 spiro atoms. The van der Waals surface area contributed by atoms with Gasteiger partial charge >= 0.3 is 0 Å². The van der Waals surface area contributed by atoms with Crippen LogP contribution in [0.5, 0.6) is 0 Å². The minimum Gasteiger partial charge on any atom is -0.207 e. The van der Waals surface area contributed by atoms with Gasteiger partial charge in [0, 0.05) is 4.47 Å². The molecule has 0 aliphatic rings. The summed E-state index contributed by atoms with van der Waals surface area (Å²) in [5.41, 5.74) is 0. The zero-order valence-corrected chi connectivity index (χ0v) is 12.2. The fourth-order valence-electron chi connectivity index (χ4n) is 1.18. The third kappa shape index (κ3) is 3.71. The van der Waals surface area contributed by atoms with Crippen LogP contribution < -0.4 is 4.72 Å². The van der Waals surface area contributed by atoms with Crippen molar-refractivity contribution in [3.05, 3.63) is 27.7 Å². The van der Waals surface area contributed by atoms with E-state index in [-0.39, 0.29) is 9.92 Å². The van der Waals surface area contributed by atoms with Gasteiger partial charge in [0.2, 0.25) is 10.0 Å². The first-order chi connectivity index (χ1) is 7.90. The van der Waals surface area contributed by atoms with Gasteiger partial charge in [-0.25, -0.2) is 8.42 Å². The summed E-state index contributed by atoms with van der Waals surface area (Å²) < 4.78 is 27.1. The maximum atomic E-state index is 12.0. The van der Waals surface area contributed by atoms with Gasteiger partial charge in [0.1, 0.15) is 4.90 Å². The van der Waals surface area contributed by atoms with Crippen LogP contribution in [0.2, 0.25) is 5.02 Å². The lowest BCUT2D eigenvalue weighted by atomic mass is 10.3. The molecule has 0 saturated heterocycles. The fraction of sp³-hybridized carbons (Fsp3) is 0.273. The summed E-state index contributed by atoms with van der Waals surface area (Å²) in [6, 6.07) is 4.03. The Labute approximate surface area is 115 Å². The highest BCUT2D eigenvalue weighted by molar-refractivity contribution is 9.10. The topological polar surface area (TPSA) is 46.2 Å². The van der Waals surface area contributed by atoms with Gasteiger partial charge in [0.05, 0.1) is 11.1 Å². The van der Waals surface area contributed by atoms with E-state index in [1.165, 1.54) is 12.1 Å². The Morgan fingerprint density at radius 1 is 1.59 bits per heavy atom. The molecule has 3 nitrogen and oxygen atoms in total. The number of hydrogen-bond donors (Lipinski definition) is 1. The molecular weight excluding hydrogens is 326 g/mol. The van der Waals surface area contributed by atoms with Crippen LogP contribution in [0.1, 0.15) is 13.3 Å². The molecular formula is C11H11BrClNO2S. The van der Waals surface area contributed by atoms with E-state index < -0.39 is 16.1 Å². The molecule has 0 radical (unpaired) electrons. The second-order valence-electron chi connectivity index (χ2n) is 3.32. The third-order valence-electron chi connectivity index (χ3n) is 2.09. The average molecular weight is 337 g/mol. The molecule has 0 fully saturated rings. The summed E-state index contributed by atoms with van der Waals surface area (Å²) in [7, 11) is -3.68. The monoisotopic (exact) mass is 335 g/mol. The van der Waals surface area contributed by atoms with Gasteiger partial charge in [0.25, 0.3) is 0 Å². The summed E-state index contributed by atoms with van der Waals surface area (Å²) >= 11 is 9.09. The molecule has 1 rings (SSSR count). The number of halogens is 2. The van der Waals surface area contributed by atoms with Crippen molar-refractivity contribution in [2.24, 2.45) is 0 Å². The van der Waals surface area contributed by atoms with Crippen molar-refractivity contribution in [3.63, 3.8) is 0 Å². The number of rotatable bonds is 4. The molecule has 1 unspecified atom stereocenters. The van der Waals surface area contributed by atoms with E-state index in [1.54, 1.807) is 13.0 Å². The number of sulfonamides is 1. The molecule has 0 aromatic heterocycles. The maximum absolute atomic E-state index is 12.0. The van der Waals surface area contributed by atoms with E-state index in [0.29, 0.717) is 10.9 Å². The molecule has 0 aliphatic carbocycles. The summed E-state index contributed by atoms with van der Waals surface area (Å²) in [5.74, 6) is 2.37. The lowest BCUT2D eigenvalue weighted by Crippen LogP contribution is -2.33. The quantitative estimate of drug-likeness (QED) is 0.859. The Hall–Kier alpha value is -0.540. The van der Waals surface area contributed by atoms with E-state index >= 15 is 0 Å². The van der Waals surface area contributed by atoms with Gasteiger partial charge in [-0.2, -0.15) is 4.72 Å². The Bertz CT molecular complexity index is 551. The van der Waals surface area contributed by atoms with E-state index in [2.05, 4.69) is 26.6 Å². The van der Waals surface area contributed by atoms with Crippen molar-refractivity contribution < 1.29 is 8.42 Å². The van der Waals surface area contributed by atoms with Gasteiger partial charge < -0.3 is 0 Å². The molecule has 1 aromatic carbocycles. The van der Waals surface area contributed by atoms with Gasteiger partial charge in [0.15, 0.2) is 0 Å². The minimum absolute atomic E-state index is 0.0241. The predicted molar refractivity (Wildman–Crippen MR) is 72.4 cm³/mol. The molecule has 92 valence electrons. The normalized spacial score (nSPS) is 13.1. The zero-order chi connectivity index (χ0) is 13.1. The molecule has 17 heavy (non-hydrogen) atoms. The third-order valence-corrected chi connectivity index (χ3v) is 4.54. The van der Waals surface area contributed by atoms with Crippen LogP contribution in [0.3, 0.4) is 0 Å². The first-order valence-electron chi connectivity index (χ1n) is 4.84. The van der Waals surface area contributed by atoms with Crippen molar-refractivity contribution in [2.75, 3.05) is 0 Å². The summed E-state index contributed by atoms with van der Waals surface area (Å²) in [5, 5.41) is 0.152. The number of terminal acetylenes is 1. The van der Waals surface area contributed by atoms with Crippen LogP contribution in [-0.2, 0) is 10.0 Å². The van der Waals surface area contributed by atoms with Gasteiger partial charge in [-0.05, 0) is 24.6 Å². The van der Waals surface area contributed by atoms with E-state index in [9.17, 15) is 8.42 Å². The highest BCUT2D eigenvalue weighted by Gasteiger charge is 2.20. The summed E-state index contributed by atoms with van der Waals surface area (Å²) in [6.07, 6.45) is 5.73. The lowest BCUT2D eigenvalue weighted by molar-refractivity contribution is 0.570. The minimum atomic E-state index is -3.68. The van der Waals surface area contributed by atoms with Gasteiger partial charge in [-0.1, -0.05) is 40.4 Å². The van der Waals surface area contributed by atoms with Crippen molar-refractivity contribution >= 4 is 37.6 Å². The van der Waals surface area contributed by atoms with E-state index in [0.717, 1.165) is 0 Å². The van der Waals surface area contributed by atoms with Gasteiger partial charge in [-0.3, -0.25) is 0 Å². The largest absolute Gasteiger partial charge is 0.243 e. The molecule has 1 aromatic rings. The fourth-order valence-corrected chi connectivity index (χ4v) is 3.46. The van der Waals surface area contributed by atoms with Crippen LogP contribution in [0.25, 0.3) is 0 Å². The maximum Gasteiger partial charge on any atom is 0.243 e. The standard InChI is InChI=1S/C11H11BrClNO2S/c1-3-9(4-2)14-17(15,16)11-6-5-8(12)7-10(11)13/h1,5-7,9,14H,4H2,2H3. The highest BCUT2D eigenvalue weighted by Crippen LogP contribution is 2.25. The first kappa shape index (κ1) is 14.5. The number of benzene rings is 1. The second kappa shape index (κ2) is 5.87. The number of nitrogens with one attached hydrogen (secondary N) is 1. The molecule has 6 heteroatoms. The van der Waals surface area contributed by atoms with Crippen LogP contribution in [0.4, 0.5) is 0 Å². The first-order valence-corrected chi connectivity index (χ1v) is 7.49. The van der Waals surface area contributed by atoms with Crippen molar-refractivity contribution in [3.8, 4) is 12.3 Å². The average Bonchev–Trinajstić information content (AvgIpc) is 2.25. The summed E-state index contributed by atoms with van der Waals surface area (Å²) in [4.78, 5) is 0.0241. The van der Waals surface area contributed by atoms with Crippen molar-refractivity contribution in [2.45, 2.75) is 24.3 Å². The van der Waals surface area contributed by atoms with Crippen LogP contribution in [0.15, 0.2) is 27.6 Å². The van der Waals surface area contributed by atoms with Crippen LogP contribution in [0, 0.1) is 12.3 Å². The summed E-state index contributed by atoms with van der Waals surface area (Å²) in [6.45, 7) is 1.80. The Morgan fingerprint density at radius 2 is 2.24 bits per heavy atom. The Morgan fingerprint density at radius 3 is 2.71 bits per heavy atom. The smallest absolute Gasteiger partial charge is 0.207 e. The molecule has 1 atom stereocenters. The molecule has 0 amide bonds. The van der Waals surface area contributed by atoms with Crippen LogP contribution in [-0.4, -0.2) is 14.5 Å². The molecule has 0 saturated carbocycles. The zero-order valence-electron chi connectivity index (χ0n) is 9.07. The van der Waals surface area contributed by atoms with Gasteiger partial charge in [-0.15, -0.1) is 6.42 Å². The van der Waals surface area contributed by atoms with E-state index in [4.69, 9.17) is 18.0 Å². The molecule has 0 bridgehead atoms. The Balaban J connectivity index is 3.10. The SMILES string of the molecule is C#CC(CC)NS(=O)(=O)c1ccc(Br)cc1Cl. The second-order valence-corrected chi connectivity index (χ2v) is 6.33. The number of hydrogen-bond acceptors (Lipinski definition) is 2. The molecule has 1 N–H and O–H groups in total. The molecule has 0 aliphatic heterocycles. The van der Waals surface area contributed by atoms with Crippen molar-refractivity contribution in [1.29, 1.82) is 0 Å². The van der Waals surface area contributed by atoms with Crippen LogP contribution >= 0.6 is 27.5 Å². The Kier molecular flexibility index (Phi) is 5.02. The lowest BCUT2D eigenvalue weighted by Gasteiger charge is -2.12. The highest BCUT2D eigenvalue weighted by atomic mass is 79.9. The van der Waals surface area contributed by atoms with Crippen molar-refractivity contribution in [1.82, 2.24) is 4.72 Å². The molecule has 0 heterocycles. The predicted octanol–water partition coefficient (Wildman–Crippen LogP) is 2.79. The van der Waals surface area contributed by atoms with E-state index in [1.807, 2.05) is 0 Å².